The van der Waals surface area contributed by atoms with Crippen LogP contribution in [0.4, 0.5) is 0 Å². The van der Waals surface area contributed by atoms with Gasteiger partial charge in [-0.05, 0) is 23.7 Å². The highest BCUT2D eigenvalue weighted by atomic mass is 16.7. The summed E-state index contributed by atoms with van der Waals surface area (Å²) in [6.45, 7) is 0. The van der Waals surface area contributed by atoms with Crippen molar-refractivity contribution in [3.63, 3.8) is 0 Å². The Hall–Kier alpha value is -1.34. The zero-order valence-electron chi connectivity index (χ0n) is 11.7. The van der Waals surface area contributed by atoms with Crippen LogP contribution in [0.2, 0.25) is 0 Å². The third kappa shape index (κ3) is 0.502. The number of ether oxygens (including phenoxy) is 2. The average molecular weight is 299 g/mol. The highest BCUT2D eigenvalue weighted by Crippen LogP contribution is 3.07. The van der Waals surface area contributed by atoms with Crippen molar-refractivity contribution < 1.29 is 9.47 Å². The fourth-order valence-corrected chi connectivity index (χ4v) is 8.93. The van der Waals surface area contributed by atoms with Crippen molar-refractivity contribution in [2.24, 2.45) is 41.5 Å². The molecule has 9 aliphatic rings. The van der Waals surface area contributed by atoms with Crippen molar-refractivity contribution in [1.29, 1.82) is 0 Å². The fourth-order valence-electron chi connectivity index (χ4n) is 8.93. The van der Waals surface area contributed by atoms with Gasteiger partial charge in [0.1, 0.15) is 12.2 Å². The number of epoxide rings is 2. The molecule has 2 unspecified atom stereocenters. The molecule has 4 aliphatic heterocycles. The lowest BCUT2D eigenvalue weighted by molar-refractivity contribution is -0.0267. The first-order valence-corrected chi connectivity index (χ1v) is 8.39. The van der Waals surface area contributed by atoms with E-state index in [0.29, 0.717) is 30.0 Å². The Morgan fingerprint density at radius 2 is 1.36 bits per heavy atom. The molecule has 0 N–H and O–H groups in total. The van der Waals surface area contributed by atoms with Gasteiger partial charge in [-0.1, -0.05) is 0 Å². The zero-order chi connectivity index (χ0) is 14.1. The smallest absolute Gasteiger partial charge is 0.347 e. The third-order valence-electron chi connectivity index (χ3n) is 9.02. The third-order valence-corrected chi connectivity index (χ3v) is 9.02. The maximum atomic E-state index is 12.7. The van der Waals surface area contributed by atoms with Crippen LogP contribution < -0.4 is 11.4 Å². The number of nitrogens with zero attached hydrogens (tertiary/aromatic N) is 3. The molecule has 22 heavy (non-hydrogen) atoms. The van der Waals surface area contributed by atoms with Gasteiger partial charge in [0.2, 0.25) is 0 Å². The number of hydrogen-bond acceptors (Lipinski definition) is 4. The number of rotatable bonds is 0. The van der Waals surface area contributed by atoms with Gasteiger partial charge in [0.05, 0.1) is 24.3 Å². The number of fused-ring (bicyclic) bond motifs is 3. The SMILES string of the molecule is Cn1c(=O)n2n(c1=O)[C@@H]1[C@@H]3C4C5[C@]6([C@H]7O[C@@H]7[C@@H]7O[C@@H]7[C@]516)[C@H]2[C@@H]43. The van der Waals surface area contributed by atoms with Crippen molar-refractivity contribution in [3.8, 4) is 0 Å². The molecule has 7 nitrogen and oxygen atoms in total. The molecule has 7 heteroatoms. The van der Waals surface area contributed by atoms with Crippen LogP contribution in [0, 0.1) is 34.5 Å². The summed E-state index contributed by atoms with van der Waals surface area (Å²) in [6, 6.07) is 0.387. The molecule has 5 heterocycles. The van der Waals surface area contributed by atoms with Gasteiger partial charge in [-0.2, -0.15) is 0 Å². The predicted molar refractivity (Wildman–Crippen MR) is 68.2 cm³/mol. The van der Waals surface area contributed by atoms with Gasteiger partial charge < -0.3 is 9.47 Å². The maximum absolute atomic E-state index is 12.7. The van der Waals surface area contributed by atoms with E-state index in [-0.39, 0.29) is 46.5 Å². The summed E-state index contributed by atoms with van der Waals surface area (Å²) in [4.78, 5) is 25.4. The van der Waals surface area contributed by atoms with Crippen LogP contribution in [0.25, 0.3) is 0 Å². The molecule has 5 aliphatic carbocycles. The number of aromatic nitrogens is 3. The first kappa shape index (κ1) is 9.72. The Bertz CT molecular complexity index is 930. The molecule has 7 fully saturated rings. The van der Waals surface area contributed by atoms with Gasteiger partial charge >= 0.3 is 11.4 Å². The molecule has 0 amide bonds. The average Bonchev–Trinajstić information content (AvgIpc) is 3.33. The molecule has 10 rings (SSSR count). The molecule has 0 aromatic carbocycles. The largest absolute Gasteiger partial charge is 0.366 e. The second kappa shape index (κ2) is 2.06. The van der Waals surface area contributed by atoms with Crippen molar-refractivity contribution >= 4 is 0 Å². The second-order valence-electron chi connectivity index (χ2n) is 8.82. The molecular formula is C15H13N3O4. The zero-order valence-corrected chi connectivity index (χ0v) is 11.7. The minimum absolute atomic E-state index is 0.127. The van der Waals surface area contributed by atoms with Crippen LogP contribution in [0.15, 0.2) is 9.59 Å². The maximum Gasteiger partial charge on any atom is 0.347 e. The summed E-state index contributed by atoms with van der Waals surface area (Å²) >= 11 is 0. The van der Waals surface area contributed by atoms with E-state index in [1.807, 2.05) is 9.36 Å². The normalized spacial score (nSPS) is 73.1. The molecule has 2 saturated heterocycles. The Balaban J connectivity index is 1.50. The molecule has 5 saturated carbocycles. The van der Waals surface area contributed by atoms with Crippen LogP contribution in [-0.2, 0) is 16.5 Å². The van der Waals surface area contributed by atoms with Gasteiger partial charge in [-0.3, -0.25) is 0 Å². The highest BCUT2D eigenvalue weighted by Gasteiger charge is 3.11. The second-order valence-corrected chi connectivity index (χ2v) is 8.82. The summed E-state index contributed by atoms with van der Waals surface area (Å²) in [6.07, 6.45) is 1.13. The molecule has 0 radical (unpaired) electrons. The fraction of sp³-hybridized carbons (Fsp3) is 0.867. The van der Waals surface area contributed by atoms with Crippen molar-refractivity contribution in [2.75, 3.05) is 0 Å². The predicted octanol–water partition coefficient (Wildman–Crippen LogP) is -1.52. The molecule has 1 aromatic heterocycles. The van der Waals surface area contributed by atoms with Gasteiger partial charge in [-0.15, -0.1) is 0 Å². The van der Waals surface area contributed by atoms with Crippen LogP contribution in [-0.4, -0.2) is 38.3 Å². The van der Waals surface area contributed by atoms with Crippen LogP contribution in [0.3, 0.4) is 0 Å². The summed E-state index contributed by atoms with van der Waals surface area (Å²) in [5.74, 6) is 2.61. The van der Waals surface area contributed by atoms with Crippen LogP contribution in [0.5, 0.6) is 0 Å². The summed E-state index contributed by atoms with van der Waals surface area (Å²) < 4.78 is 17.1. The molecular weight excluding hydrogens is 286 g/mol. The van der Waals surface area contributed by atoms with E-state index in [1.165, 1.54) is 4.57 Å². The lowest BCUT2D eigenvalue weighted by Gasteiger charge is -2.48. The summed E-state index contributed by atoms with van der Waals surface area (Å²) in [5, 5.41) is 0. The molecule has 2 bridgehead atoms. The van der Waals surface area contributed by atoms with Crippen molar-refractivity contribution in [2.45, 2.75) is 36.5 Å². The van der Waals surface area contributed by atoms with E-state index in [4.69, 9.17) is 9.47 Å². The van der Waals surface area contributed by atoms with E-state index >= 15 is 0 Å². The monoisotopic (exact) mass is 299 g/mol. The van der Waals surface area contributed by atoms with Crippen molar-refractivity contribution in [1.82, 2.24) is 13.9 Å². The van der Waals surface area contributed by atoms with Crippen LogP contribution in [0.1, 0.15) is 12.1 Å². The van der Waals surface area contributed by atoms with E-state index in [9.17, 15) is 9.59 Å². The highest BCUT2D eigenvalue weighted by molar-refractivity contribution is 5.56. The minimum atomic E-state index is -0.129. The van der Waals surface area contributed by atoms with E-state index in [2.05, 4.69) is 0 Å². The first-order chi connectivity index (χ1) is 10.7. The minimum Gasteiger partial charge on any atom is -0.366 e. The topological polar surface area (TPSA) is 74.0 Å². The molecule has 2 spiro atoms. The molecule has 12 atom stereocenters. The van der Waals surface area contributed by atoms with E-state index in [1.54, 1.807) is 7.05 Å². The summed E-state index contributed by atoms with van der Waals surface area (Å²) in [5.41, 5.74) is -0.00465. The van der Waals surface area contributed by atoms with Gasteiger partial charge in [0, 0.05) is 17.9 Å². The van der Waals surface area contributed by atoms with Gasteiger partial charge in [0.25, 0.3) is 0 Å². The molecule has 1 aromatic rings. The van der Waals surface area contributed by atoms with Gasteiger partial charge in [-0.25, -0.2) is 23.5 Å². The first-order valence-electron chi connectivity index (χ1n) is 8.39. The Kier molecular flexibility index (Phi) is 0.910. The quantitative estimate of drug-likeness (QED) is 0.546. The lowest BCUT2D eigenvalue weighted by Crippen LogP contribution is -2.57. The Morgan fingerprint density at radius 1 is 0.864 bits per heavy atom. The van der Waals surface area contributed by atoms with Gasteiger partial charge in [0.15, 0.2) is 0 Å². The Labute approximate surface area is 123 Å². The molecule has 112 valence electrons. The van der Waals surface area contributed by atoms with E-state index in [0.717, 1.165) is 5.92 Å². The summed E-state index contributed by atoms with van der Waals surface area (Å²) in [7, 11) is 1.61. The van der Waals surface area contributed by atoms with E-state index < -0.39 is 0 Å². The Morgan fingerprint density at radius 3 is 1.86 bits per heavy atom. The van der Waals surface area contributed by atoms with Crippen molar-refractivity contribution in [3.05, 3.63) is 21.0 Å². The standard InChI is InChI=1S/C15H13N3O4/c1-16-12(19)17-8-3-2-4(3)9(18(17)13(16)20)15-7(2)14(8,15)10-5(21-10)6-11(15)22-6/h2-11H,1H3/t2?,3-,4+,5+,6-,7?,8-,9-,10+,11+,14+,15-/m1/s1. The number of hydrogen-bond donors (Lipinski definition) is 0. The lowest BCUT2D eigenvalue weighted by atomic mass is 9.64. The van der Waals surface area contributed by atoms with Crippen LogP contribution >= 0.6 is 0 Å².